The number of rotatable bonds is 5. The Balaban J connectivity index is 2.03. The van der Waals surface area contributed by atoms with Crippen LogP contribution < -0.4 is 10.0 Å². The Hall–Kier alpha value is -1.07. The second-order valence-corrected chi connectivity index (χ2v) is 8.05. The number of anilines is 1. The first kappa shape index (κ1) is 16.3. The van der Waals surface area contributed by atoms with Gasteiger partial charge in [-0.15, -0.1) is 0 Å². The van der Waals surface area contributed by atoms with Crippen molar-refractivity contribution in [2.45, 2.75) is 44.4 Å². The molecule has 2 rings (SSSR count). The van der Waals surface area contributed by atoms with E-state index < -0.39 is 10.0 Å². The van der Waals surface area contributed by atoms with E-state index in [1.54, 1.807) is 6.07 Å². The molecule has 1 aliphatic rings. The van der Waals surface area contributed by atoms with Gasteiger partial charge in [-0.2, -0.15) is 0 Å². The maximum atomic E-state index is 12.0. The van der Waals surface area contributed by atoms with Crippen LogP contribution in [0.4, 0.5) is 5.69 Å². The van der Waals surface area contributed by atoms with E-state index in [9.17, 15) is 8.42 Å². The predicted octanol–water partition coefficient (Wildman–Crippen LogP) is 3.14. The minimum atomic E-state index is -3.39. The Morgan fingerprint density at radius 1 is 1.19 bits per heavy atom. The van der Waals surface area contributed by atoms with Gasteiger partial charge in [-0.05, 0) is 56.3 Å². The zero-order valence-corrected chi connectivity index (χ0v) is 14.0. The van der Waals surface area contributed by atoms with Gasteiger partial charge in [-0.3, -0.25) is 0 Å². The standard InChI is InChI=1S/C16H26N2O2S/c1-12-4-7-14(8-5-12)11-18-15-9-6-13(2)16(10-15)21(19,20)17-3/h6,9-10,12,14,17-18H,4-5,7-8,11H2,1-3H3. The predicted molar refractivity (Wildman–Crippen MR) is 87.0 cm³/mol. The molecule has 0 bridgehead atoms. The van der Waals surface area contributed by atoms with Gasteiger partial charge in [0, 0.05) is 12.2 Å². The first-order chi connectivity index (χ1) is 9.92. The van der Waals surface area contributed by atoms with Crippen molar-refractivity contribution in [1.82, 2.24) is 4.72 Å². The van der Waals surface area contributed by atoms with Crippen LogP contribution in [0.3, 0.4) is 0 Å². The van der Waals surface area contributed by atoms with E-state index >= 15 is 0 Å². The minimum absolute atomic E-state index is 0.354. The largest absolute Gasteiger partial charge is 0.385 e. The topological polar surface area (TPSA) is 58.2 Å². The minimum Gasteiger partial charge on any atom is -0.385 e. The van der Waals surface area contributed by atoms with E-state index in [-0.39, 0.29) is 0 Å². The summed E-state index contributed by atoms with van der Waals surface area (Å²) in [5, 5.41) is 3.40. The monoisotopic (exact) mass is 310 g/mol. The van der Waals surface area contributed by atoms with Gasteiger partial charge in [0.25, 0.3) is 0 Å². The van der Waals surface area contributed by atoms with Crippen molar-refractivity contribution in [2.24, 2.45) is 11.8 Å². The Morgan fingerprint density at radius 3 is 2.48 bits per heavy atom. The molecule has 4 nitrogen and oxygen atoms in total. The Morgan fingerprint density at radius 2 is 1.86 bits per heavy atom. The Labute approximate surface area is 128 Å². The van der Waals surface area contributed by atoms with Crippen molar-refractivity contribution >= 4 is 15.7 Å². The molecule has 0 aromatic heterocycles. The number of aryl methyl sites for hydroxylation is 1. The van der Waals surface area contributed by atoms with E-state index in [4.69, 9.17) is 0 Å². The lowest BCUT2D eigenvalue weighted by molar-refractivity contribution is 0.300. The van der Waals surface area contributed by atoms with Gasteiger partial charge in [0.2, 0.25) is 10.0 Å². The van der Waals surface area contributed by atoms with Crippen molar-refractivity contribution in [3.8, 4) is 0 Å². The summed E-state index contributed by atoms with van der Waals surface area (Å²) in [4.78, 5) is 0.354. The normalized spacial score (nSPS) is 23.0. The molecule has 0 radical (unpaired) electrons. The summed E-state index contributed by atoms with van der Waals surface area (Å²) in [7, 11) is -1.95. The highest BCUT2D eigenvalue weighted by Gasteiger charge is 2.19. The smallest absolute Gasteiger partial charge is 0.240 e. The van der Waals surface area contributed by atoms with Crippen LogP contribution in [-0.4, -0.2) is 22.0 Å². The summed E-state index contributed by atoms with van der Waals surface area (Å²) in [5.74, 6) is 1.56. The Bertz CT molecular complexity index is 576. The van der Waals surface area contributed by atoms with Crippen LogP contribution in [0.25, 0.3) is 0 Å². The summed E-state index contributed by atoms with van der Waals surface area (Å²) < 4.78 is 26.3. The van der Waals surface area contributed by atoms with Crippen LogP contribution in [0, 0.1) is 18.8 Å². The molecule has 1 fully saturated rings. The van der Waals surface area contributed by atoms with E-state index in [1.807, 2.05) is 19.1 Å². The third kappa shape index (κ3) is 4.20. The van der Waals surface area contributed by atoms with Crippen molar-refractivity contribution in [2.75, 3.05) is 18.9 Å². The molecule has 0 unspecified atom stereocenters. The third-order valence-corrected chi connectivity index (χ3v) is 6.03. The van der Waals surface area contributed by atoms with Gasteiger partial charge < -0.3 is 5.32 Å². The van der Waals surface area contributed by atoms with Gasteiger partial charge in [-0.1, -0.05) is 25.8 Å². The maximum Gasteiger partial charge on any atom is 0.240 e. The van der Waals surface area contributed by atoms with Gasteiger partial charge in [-0.25, -0.2) is 13.1 Å². The Kier molecular flexibility index (Phi) is 5.27. The molecule has 0 amide bonds. The van der Waals surface area contributed by atoms with Crippen LogP contribution in [0.15, 0.2) is 23.1 Å². The summed E-state index contributed by atoms with van der Waals surface area (Å²) in [6.07, 6.45) is 5.14. The molecule has 0 aliphatic heterocycles. The quantitative estimate of drug-likeness (QED) is 0.878. The van der Waals surface area contributed by atoms with Crippen LogP contribution in [0.1, 0.15) is 38.2 Å². The molecule has 0 atom stereocenters. The molecule has 118 valence electrons. The second-order valence-electron chi connectivity index (χ2n) is 6.19. The molecule has 0 saturated heterocycles. The summed E-state index contributed by atoms with van der Waals surface area (Å²) in [5.41, 5.74) is 1.65. The van der Waals surface area contributed by atoms with Crippen molar-refractivity contribution in [1.29, 1.82) is 0 Å². The lowest BCUT2D eigenvalue weighted by atomic mass is 9.83. The molecular formula is C16H26N2O2S. The first-order valence-corrected chi connectivity index (χ1v) is 9.18. The molecule has 1 aromatic rings. The maximum absolute atomic E-state index is 12.0. The van der Waals surface area contributed by atoms with Crippen LogP contribution in [0.2, 0.25) is 0 Å². The number of hydrogen-bond acceptors (Lipinski definition) is 3. The summed E-state index contributed by atoms with van der Waals surface area (Å²) >= 11 is 0. The van der Waals surface area contributed by atoms with Crippen molar-refractivity contribution in [3.63, 3.8) is 0 Å². The number of nitrogens with one attached hydrogen (secondary N) is 2. The van der Waals surface area contributed by atoms with Gasteiger partial charge in [0.15, 0.2) is 0 Å². The average Bonchev–Trinajstić information content (AvgIpc) is 2.48. The molecule has 5 heteroatoms. The fourth-order valence-corrected chi connectivity index (χ4v) is 3.90. The molecule has 2 N–H and O–H groups in total. The van der Waals surface area contributed by atoms with Crippen LogP contribution >= 0.6 is 0 Å². The lowest BCUT2D eigenvalue weighted by Crippen LogP contribution is -2.21. The third-order valence-electron chi connectivity index (χ3n) is 4.48. The molecule has 1 aliphatic carbocycles. The summed E-state index contributed by atoms with van der Waals surface area (Å²) in [6, 6.07) is 5.54. The average molecular weight is 310 g/mol. The first-order valence-electron chi connectivity index (χ1n) is 7.70. The highest BCUT2D eigenvalue weighted by molar-refractivity contribution is 7.89. The molecule has 21 heavy (non-hydrogen) atoms. The SMILES string of the molecule is CNS(=O)(=O)c1cc(NCC2CCC(C)CC2)ccc1C. The highest BCUT2D eigenvalue weighted by Crippen LogP contribution is 2.28. The van der Waals surface area contributed by atoms with E-state index in [1.165, 1.54) is 32.7 Å². The van der Waals surface area contributed by atoms with Gasteiger partial charge >= 0.3 is 0 Å². The summed E-state index contributed by atoms with van der Waals surface area (Å²) in [6.45, 7) is 5.06. The molecule has 1 aromatic carbocycles. The fraction of sp³-hybridized carbons (Fsp3) is 0.625. The second kappa shape index (κ2) is 6.79. The number of hydrogen-bond donors (Lipinski definition) is 2. The van der Waals surface area contributed by atoms with E-state index in [2.05, 4.69) is 17.0 Å². The van der Waals surface area contributed by atoms with E-state index in [0.717, 1.165) is 23.7 Å². The number of benzene rings is 1. The molecular weight excluding hydrogens is 284 g/mol. The molecule has 0 heterocycles. The van der Waals surface area contributed by atoms with Crippen LogP contribution in [-0.2, 0) is 10.0 Å². The molecule has 1 saturated carbocycles. The van der Waals surface area contributed by atoms with Gasteiger partial charge in [0.1, 0.15) is 0 Å². The zero-order valence-electron chi connectivity index (χ0n) is 13.1. The lowest BCUT2D eigenvalue weighted by Gasteiger charge is -2.26. The molecule has 0 spiro atoms. The van der Waals surface area contributed by atoms with Crippen LogP contribution in [0.5, 0.6) is 0 Å². The van der Waals surface area contributed by atoms with Crippen molar-refractivity contribution < 1.29 is 8.42 Å². The van der Waals surface area contributed by atoms with Gasteiger partial charge in [0.05, 0.1) is 4.90 Å². The number of sulfonamides is 1. The highest BCUT2D eigenvalue weighted by atomic mass is 32.2. The fourth-order valence-electron chi connectivity index (χ4n) is 2.90. The zero-order chi connectivity index (χ0) is 15.5. The van der Waals surface area contributed by atoms with Crippen molar-refractivity contribution in [3.05, 3.63) is 23.8 Å². The van der Waals surface area contributed by atoms with E-state index in [0.29, 0.717) is 10.8 Å².